The van der Waals surface area contributed by atoms with Gasteiger partial charge < -0.3 is 15.8 Å². The van der Waals surface area contributed by atoms with Crippen molar-refractivity contribution in [2.75, 3.05) is 11.9 Å². The Hall–Kier alpha value is -2.39. The van der Waals surface area contributed by atoms with Crippen LogP contribution in [0.3, 0.4) is 0 Å². The molecule has 0 saturated heterocycles. The van der Waals surface area contributed by atoms with Gasteiger partial charge in [-0.25, -0.2) is 0 Å². The highest BCUT2D eigenvalue weighted by molar-refractivity contribution is 6.00. The Labute approximate surface area is 165 Å². The number of amides is 1. The third kappa shape index (κ3) is 2.80. The highest BCUT2D eigenvalue weighted by atomic mass is 16.5. The predicted octanol–water partition coefficient (Wildman–Crippen LogP) is 3.04. The number of nitrogens with two attached hydrogens (primary N) is 1. The zero-order valence-electron chi connectivity index (χ0n) is 16.0. The van der Waals surface area contributed by atoms with Gasteiger partial charge in [-0.2, -0.15) is 5.26 Å². The Morgan fingerprint density at radius 3 is 2.86 bits per heavy atom. The minimum atomic E-state index is -0.432. The van der Waals surface area contributed by atoms with Crippen molar-refractivity contribution >= 4 is 17.7 Å². The Balaban J connectivity index is 1.42. The lowest BCUT2D eigenvalue weighted by Gasteiger charge is -2.60. The van der Waals surface area contributed by atoms with Crippen molar-refractivity contribution in [3.8, 4) is 6.07 Å². The highest BCUT2D eigenvalue weighted by Crippen LogP contribution is 2.58. The number of pyridine rings is 1. The molecule has 0 radical (unpaired) electrons. The first-order valence-electron chi connectivity index (χ1n) is 10.3. The number of aromatic nitrogens is 1. The van der Waals surface area contributed by atoms with Crippen molar-refractivity contribution in [3.05, 3.63) is 29.1 Å². The maximum Gasteiger partial charge on any atom is 0.252 e. The van der Waals surface area contributed by atoms with Crippen LogP contribution in [0.2, 0.25) is 0 Å². The van der Waals surface area contributed by atoms with Crippen LogP contribution in [0.4, 0.5) is 5.69 Å². The highest BCUT2D eigenvalue weighted by Gasteiger charge is 2.56. The zero-order chi connectivity index (χ0) is 19.3. The van der Waals surface area contributed by atoms with Crippen LogP contribution in [0, 0.1) is 29.1 Å². The first-order chi connectivity index (χ1) is 13.6. The van der Waals surface area contributed by atoms with Gasteiger partial charge in [0.1, 0.15) is 0 Å². The second-order valence-corrected chi connectivity index (χ2v) is 8.96. The average molecular weight is 378 g/mol. The summed E-state index contributed by atoms with van der Waals surface area (Å²) in [5.41, 5.74) is 8.99. The normalized spacial score (nSPS) is 34.2. The van der Waals surface area contributed by atoms with Crippen molar-refractivity contribution in [1.82, 2.24) is 4.98 Å². The number of primary amides is 1. The number of anilines is 1. The van der Waals surface area contributed by atoms with Crippen LogP contribution < -0.4 is 11.1 Å². The minimum Gasteiger partial charge on any atom is -0.381 e. The number of nitriles is 1. The monoisotopic (exact) mass is 378 g/mol. The van der Waals surface area contributed by atoms with Gasteiger partial charge in [0.2, 0.25) is 0 Å². The zero-order valence-corrected chi connectivity index (χ0v) is 16.0. The first-order valence-corrected chi connectivity index (χ1v) is 10.3. The number of allylic oxidation sites excluding steroid dienone is 1. The quantitative estimate of drug-likeness (QED) is 0.741. The molecule has 4 fully saturated rings. The molecule has 0 aliphatic heterocycles. The Morgan fingerprint density at radius 1 is 1.36 bits per heavy atom. The maximum absolute atomic E-state index is 12.0. The second kappa shape index (κ2) is 6.59. The molecule has 3 N–H and O–H groups in total. The summed E-state index contributed by atoms with van der Waals surface area (Å²) in [5.74, 6) is 1.35. The van der Waals surface area contributed by atoms with E-state index in [1.54, 1.807) is 6.20 Å². The molecular formula is C22H26N4O2. The van der Waals surface area contributed by atoms with Gasteiger partial charge in [0.15, 0.2) is 0 Å². The molecule has 0 spiro atoms. The van der Waals surface area contributed by atoms with Crippen LogP contribution in [-0.2, 0) is 11.2 Å². The van der Waals surface area contributed by atoms with Crippen LogP contribution in [0.15, 0.2) is 12.3 Å². The van der Waals surface area contributed by atoms with Crippen LogP contribution >= 0.6 is 0 Å². The first kappa shape index (κ1) is 17.7. The van der Waals surface area contributed by atoms with E-state index in [0.717, 1.165) is 48.5 Å². The van der Waals surface area contributed by atoms with Crippen molar-refractivity contribution < 1.29 is 9.53 Å². The SMILES string of the molecule is N#CCCOC12CC3C[C@H](C1)C(Nc1c(C(N)=O)cnc4c1C=CC4)[C@@H](C3)C2. The lowest BCUT2D eigenvalue weighted by atomic mass is 9.52. The summed E-state index contributed by atoms with van der Waals surface area (Å²) in [6.07, 6.45) is 12.7. The molecule has 0 aromatic carbocycles. The predicted molar refractivity (Wildman–Crippen MR) is 105 cm³/mol. The summed E-state index contributed by atoms with van der Waals surface area (Å²) >= 11 is 0. The Morgan fingerprint density at radius 2 is 2.14 bits per heavy atom. The maximum atomic E-state index is 12.0. The number of nitrogens with zero attached hydrogens (tertiary/aromatic N) is 2. The van der Waals surface area contributed by atoms with Gasteiger partial charge >= 0.3 is 0 Å². The van der Waals surface area contributed by atoms with Crippen LogP contribution in [-0.4, -0.2) is 29.1 Å². The van der Waals surface area contributed by atoms with Gasteiger partial charge in [0, 0.05) is 24.2 Å². The molecule has 28 heavy (non-hydrogen) atoms. The van der Waals surface area contributed by atoms with E-state index in [4.69, 9.17) is 15.7 Å². The fraction of sp³-hybridized carbons (Fsp3) is 0.591. The molecule has 4 bridgehead atoms. The number of rotatable bonds is 6. The molecule has 146 valence electrons. The average Bonchev–Trinajstić information content (AvgIpc) is 3.13. The van der Waals surface area contributed by atoms with Gasteiger partial charge in [0.05, 0.1) is 41.6 Å². The van der Waals surface area contributed by atoms with Gasteiger partial charge in [0.25, 0.3) is 5.91 Å². The molecule has 1 heterocycles. The fourth-order valence-corrected chi connectivity index (χ4v) is 6.38. The molecule has 5 aliphatic rings. The van der Waals surface area contributed by atoms with E-state index in [9.17, 15) is 4.79 Å². The fourth-order valence-electron chi connectivity index (χ4n) is 6.38. The van der Waals surface area contributed by atoms with E-state index in [-0.39, 0.29) is 5.60 Å². The minimum absolute atomic E-state index is 0.0435. The summed E-state index contributed by atoms with van der Waals surface area (Å²) < 4.78 is 6.27. The molecule has 6 rings (SSSR count). The molecule has 1 aromatic heterocycles. The molecule has 3 unspecified atom stereocenters. The largest absolute Gasteiger partial charge is 0.381 e. The molecule has 4 saturated carbocycles. The van der Waals surface area contributed by atoms with Crippen molar-refractivity contribution in [2.45, 2.75) is 56.6 Å². The molecule has 6 heteroatoms. The Kier molecular flexibility index (Phi) is 4.17. The third-order valence-corrected chi connectivity index (χ3v) is 7.21. The van der Waals surface area contributed by atoms with Gasteiger partial charge in [-0.15, -0.1) is 0 Å². The molecule has 5 atom stereocenters. The smallest absolute Gasteiger partial charge is 0.252 e. The van der Waals surface area contributed by atoms with Crippen LogP contribution in [0.1, 0.15) is 60.1 Å². The van der Waals surface area contributed by atoms with Crippen LogP contribution in [0.5, 0.6) is 0 Å². The molecule has 6 nitrogen and oxygen atoms in total. The topological polar surface area (TPSA) is 101 Å². The number of nitrogens with one attached hydrogen (secondary N) is 1. The van der Waals surface area contributed by atoms with Crippen LogP contribution in [0.25, 0.3) is 6.08 Å². The molecule has 1 aromatic rings. The molecule has 1 amide bonds. The summed E-state index contributed by atoms with van der Waals surface area (Å²) in [7, 11) is 0. The second-order valence-electron chi connectivity index (χ2n) is 8.96. The van der Waals surface area contributed by atoms with Gasteiger partial charge in [-0.1, -0.05) is 12.2 Å². The number of hydrogen-bond acceptors (Lipinski definition) is 5. The summed E-state index contributed by atoms with van der Waals surface area (Å²) in [5, 5.41) is 12.6. The van der Waals surface area contributed by atoms with E-state index in [1.165, 1.54) is 12.8 Å². The standard InChI is InChI=1S/C22H26N4O2/c23-5-2-6-28-22-9-13-7-14(10-22)19(15(8-13)11-22)26-20-16-3-1-4-18(16)25-12-17(20)21(24)27/h1,3,12-15,19H,2,4,6-11H2,(H2,24,27)(H,25,26)/t13?,14-,15+,19?,22?. The third-order valence-electron chi connectivity index (χ3n) is 7.21. The summed E-state index contributed by atoms with van der Waals surface area (Å²) in [6.45, 7) is 0.537. The van der Waals surface area contributed by atoms with Gasteiger partial charge in [-0.3, -0.25) is 9.78 Å². The van der Waals surface area contributed by atoms with Crippen molar-refractivity contribution in [2.24, 2.45) is 23.5 Å². The number of fused-ring (bicyclic) bond motifs is 1. The summed E-state index contributed by atoms with van der Waals surface area (Å²) in [6, 6.07) is 2.52. The number of carbonyl (C=O) groups excluding carboxylic acids is 1. The summed E-state index contributed by atoms with van der Waals surface area (Å²) in [4.78, 5) is 16.5. The van der Waals surface area contributed by atoms with Gasteiger partial charge in [-0.05, 0) is 49.9 Å². The van der Waals surface area contributed by atoms with E-state index >= 15 is 0 Å². The number of carbonyl (C=O) groups is 1. The molecule has 5 aliphatic carbocycles. The van der Waals surface area contributed by atoms with E-state index in [2.05, 4.69) is 28.5 Å². The van der Waals surface area contributed by atoms with E-state index < -0.39 is 5.91 Å². The van der Waals surface area contributed by atoms with Crippen molar-refractivity contribution in [1.29, 1.82) is 5.26 Å². The molecular weight excluding hydrogens is 352 g/mol. The number of hydrogen-bond donors (Lipinski definition) is 2. The number of ether oxygens (including phenoxy) is 1. The lowest BCUT2D eigenvalue weighted by molar-refractivity contribution is -0.165. The Bertz CT molecular complexity index is 871. The van der Waals surface area contributed by atoms with E-state index in [1.807, 2.05) is 0 Å². The van der Waals surface area contributed by atoms with Crippen molar-refractivity contribution in [3.63, 3.8) is 0 Å². The van der Waals surface area contributed by atoms with E-state index in [0.29, 0.717) is 36.5 Å². The lowest BCUT2D eigenvalue weighted by Crippen LogP contribution is -2.60.